The van der Waals surface area contributed by atoms with Crippen LogP contribution in [0.15, 0.2) is 72.3 Å². The summed E-state index contributed by atoms with van der Waals surface area (Å²) in [6.07, 6.45) is 3.16. The molecule has 4 nitrogen and oxygen atoms in total. The van der Waals surface area contributed by atoms with E-state index in [1.807, 2.05) is 0 Å². The van der Waals surface area contributed by atoms with E-state index in [9.17, 15) is 4.79 Å². The molecular weight excluding hydrogens is 372 g/mol. The van der Waals surface area contributed by atoms with Gasteiger partial charge in [0.1, 0.15) is 0 Å². The zero-order chi connectivity index (χ0) is 20.7. The van der Waals surface area contributed by atoms with Crippen LogP contribution in [0.2, 0.25) is 0 Å². The van der Waals surface area contributed by atoms with Crippen molar-refractivity contribution in [3.63, 3.8) is 0 Å². The summed E-state index contributed by atoms with van der Waals surface area (Å²) in [6, 6.07) is 21.8. The van der Waals surface area contributed by atoms with Crippen LogP contribution in [0.4, 0.5) is 0 Å². The Morgan fingerprint density at radius 2 is 1.90 bits per heavy atom. The minimum absolute atomic E-state index is 0.0970. The fourth-order valence-corrected chi connectivity index (χ4v) is 5.45. The van der Waals surface area contributed by atoms with E-state index in [0.29, 0.717) is 6.54 Å². The zero-order valence-corrected chi connectivity index (χ0v) is 17.6. The number of hydrogen-bond donors (Lipinski definition) is 0. The predicted molar refractivity (Wildman–Crippen MR) is 119 cm³/mol. The van der Waals surface area contributed by atoms with Gasteiger partial charge in [-0.05, 0) is 42.3 Å². The highest BCUT2D eigenvalue weighted by Gasteiger charge is 2.43. The predicted octanol–water partition coefficient (Wildman–Crippen LogP) is 4.95. The van der Waals surface area contributed by atoms with Crippen LogP contribution in [-0.2, 0) is 22.6 Å². The average molecular weight is 401 g/mol. The van der Waals surface area contributed by atoms with E-state index in [1.54, 1.807) is 0 Å². The van der Waals surface area contributed by atoms with Gasteiger partial charge in [-0.15, -0.1) is 0 Å². The van der Waals surface area contributed by atoms with E-state index >= 15 is 0 Å². The van der Waals surface area contributed by atoms with Crippen molar-refractivity contribution in [2.75, 3.05) is 13.7 Å². The number of piperidine rings is 1. The normalized spacial score (nSPS) is 25.1. The van der Waals surface area contributed by atoms with Crippen molar-refractivity contribution in [2.24, 2.45) is 11.8 Å². The van der Waals surface area contributed by atoms with E-state index in [1.165, 1.54) is 34.8 Å². The maximum Gasteiger partial charge on any atom is 0.311 e. The molecule has 2 aliphatic rings. The zero-order valence-electron chi connectivity index (χ0n) is 17.6. The third-order valence-electron chi connectivity index (χ3n) is 6.93. The summed E-state index contributed by atoms with van der Waals surface area (Å²) in [6.45, 7) is 4.56. The van der Waals surface area contributed by atoms with Crippen LogP contribution in [0.5, 0.6) is 0 Å². The second-order valence-corrected chi connectivity index (χ2v) is 8.48. The molecular formula is C26H28N2O2. The first-order valence-corrected chi connectivity index (χ1v) is 10.8. The largest absolute Gasteiger partial charge is 0.469 e. The number of aromatic nitrogens is 1. The Hall–Kier alpha value is -2.85. The van der Waals surface area contributed by atoms with Gasteiger partial charge in [-0.1, -0.05) is 60.2 Å². The molecule has 1 fully saturated rings. The summed E-state index contributed by atoms with van der Waals surface area (Å²) in [4.78, 5) is 15.4. The number of fused-ring (bicyclic) bond motifs is 6. The van der Waals surface area contributed by atoms with Gasteiger partial charge in [0.25, 0.3) is 0 Å². The Morgan fingerprint density at radius 3 is 2.67 bits per heavy atom. The molecule has 0 saturated carbocycles. The van der Waals surface area contributed by atoms with Crippen LogP contribution in [-0.4, -0.2) is 29.1 Å². The summed E-state index contributed by atoms with van der Waals surface area (Å²) in [5.41, 5.74) is 5.20. The van der Waals surface area contributed by atoms with Crippen LogP contribution in [0.1, 0.15) is 30.6 Å². The lowest BCUT2D eigenvalue weighted by molar-refractivity contribution is -0.147. The molecule has 30 heavy (non-hydrogen) atoms. The van der Waals surface area contributed by atoms with E-state index in [2.05, 4.69) is 83.1 Å². The Bertz CT molecular complexity index is 1100. The molecule has 1 saturated heterocycles. The van der Waals surface area contributed by atoms with Gasteiger partial charge in [-0.2, -0.15) is 0 Å². The first-order chi connectivity index (χ1) is 14.7. The molecule has 0 spiro atoms. The molecule has 3 atom stereocenters. The minimum atomic E-state index is -0.153. The summed E-state index contributed by atoms with van der Waals surface area (Å²) in [7, 11) is 1.51. The number of methoxy groups -OCH3 is 1. The smallest absolute Gasteiger partial charge is 0.311 e. The number of likely N-dealkylation sites (tertiary alicyclic amines) is 1. The van der Waals surface area contributed by atoms with Gasteiger partial charge in [0.2, 0.25) is 0 Å². The molecule has 0 radical (unpaired) electrons. The van der Waals surface area contributed by atoms with Crippen LogP contribution in [0.3, 0.4) is 0 Å². The average Bonchev–Trinajstić information content (AvgIpc) is 3.09. The van der Waals surface area contributed by atoms with Crippen LogP contribution < -0.4 is 0 Å². The Labute approximate surface area is 177 Å². The van der Waals surface area contributed by atoms with Crippen molar-refractivity contribution in [3.05, 3.63) is 83.6 Å². The van der Waals surface area contributed by atoms with Gasteiger partial charge in [-0.25, -0.2) is 0 Å². The van der Waals surface area contributed by atoms with E-state index in [4.69, 9.17) is 4.74 Å². The maximum atomic E-state index is 12.8. The van der Waals surface area contributed by atoms with Crippen molar-refractivity contribution >= 4 is 16.9 Å². The topological polar surface area (TPSA) is 34.5 Å². The highest BCUT2D eigenvalue weighted by Crippen LogP contribution is 2.46. The van der Waals surface area contributed by atoms with Gasteiger partial charge >= 0.3 is 5.97 Å². The lowest BCUT2D eigenvalue weighted by Gasteiger charge is -2.41. The number of carbonyl (C=O) groups excluding carboxylic acids is 1. The fourth-order valence-electron chi connectivity index (χ4n) is 5.45. The number of esters is 1. The summed E-state index contributed by atoms with van der Waals surface area (Å²) in [5.74, 6) is -0.0296. The quantitative estimate of drug-likeness (QED) is 0.461. The first-order valence-electron chi connectivity index (χ1n) is 10.8. The number of hydrogen-bond acceptors (Lipinski definition) is 3. The summed E-state index contributed by atoms with van der Waals surface area (Å²) in [5, 5.41) is 1.24. The van der Waals surface area contributed by atoms with Gasteiger partial charge in [0.15, 0.2) is 0 Å². The number of benzene rings is 2. The van der Waals surface area contributed by atoms with Crippen LogP contribution in [0, 0.1) is 11.8 Å². The molecule has 5 rings (SSSR count). The van der Waals surface area contributed by atoms with Crippen molar-refractivity contribution in [1.82, 2.24) is 9.47 Å². The lowest BCUT2D eigenvalue weighted by Crippen LogP contribution is -2.40. The number of nitrogens with zero attached hydrogens (tertiary/aromatic N) is 2. The lowest BCUT2D eigenvalue weighted by atomic mass is 9.77. The Kier molecular flexibility index (Phi) is 4.95. The number of ether oxygens (including phenoxy) is 1. The fraction of sp³-hybridized carbons (Fsp3) is 0.346. The standard InChI is InChI=1S/C26H28N2O2/c1-3-19-16-27(15-18-9-5-4-6-10-18)24-14-21(19)22(26(29)30-2)17-28-23-12-8-7-11-20(23)13-25(24)28/h3-13,21-22,24H,14-17H2,1-2H3/b19-3-/t21-,22+,24-/m0/s1. The molecule has 2 aromatic carbocycles. The van der Waals surface area contributed by atoms with Crippen molar-refractivity contribution < 1.29 is 9.53 Å². The molecule has 0 unspecified atom stereocenters. The van der Waals surface area contributed by atoms with Gasteiger partial charge < -0.3 is 9.30 Å². The highest BCUT2D eigenvalue weighted by molar-refractivity contribution is 5.82. The second kappa shape index (κ2) is 7.77. The maximum absolute atomic E-state index is 12.8. The molecule has 2 aliphatic heterocycles. The molecule has 0 aliphatic carbocycles. The van der Waals surface area contributed by atoms with Crippen LogP contribution >= 0.6 is 0 Å². The molecule has 1 aromatic heterocycles. The molecule has 3 heterocycles. The van der Waals surface area contributed by atoms with E-state index in [-0.39, 0.29) is 23.8 Å². The number of rotatable bonds is 3. The Morgan fingerprint density at radius 1 is 1.13 bits per heavy atom. The molecule has 0 N–H and O–H groups in total. The summed E-state index contributed by atoms with van der Waals surface area (Å²) < 4.78 is 7.64. The SMILES string of the molecule is C/C=C1/CN(Cc2ccccc2)[C@H]2C[C@@H]1[C@H](C(=O)OC)Cn1c2cc2ccccc21. The Balaban J connectivity index is 1.63. The van der Waals surface area contributed by atoms with Gasteiger partial charge in [-0.3, -0.25) is 9.69 Å². The van der Waals surface area contributed by atoms with Gasteiger partial charge in [0, 0.05) is 30.8 Å². The number of carbonyl (C=O) groups is 1. The molecule has 4 heteroatoms. The number of para-hydroxylation sites is 1. The highest BCUT2D eigenvalue weighted by atomic mass is 16.5. The van der Waals surface area contributed by atoms with Crippen LogP contribution in [0.25, 0.3) is 10.9 Å². The third-order valence-corrected chi connectivity index (χ3v) is 6.93. The van der Waals surface area contributed by atoms with E-state index < -0.39 is 0 Å². The second-order valence-electron chi connectivity index (χ2n) is 8.48. The molecule has 0 amide bonds. The molecule has 154 valence electrons. The van der Waals surface area contributed by atoms with E-state index in [0.717, 1.165) is 19.5 Å². The molecule has 2 bridgehead atoms. The van der Waals surface area contributed by atoms with Crippen molar-refractivity contribution in [1.29, 1.82) is 0 Å². The van der Waals surface area contributed by atoms with Crippen molar-refractivity contribution in [3.8, 4) is 0 Å². The van der Waals surface area contributed by atoms with Gasteiger partial charge in [0.05, 0.1) is 19.1 Å². The minimum Gasteiger partial charge on any atom is -0.469 e. The first kappa shape index (κ1) is 19.1. The third kappa shape index (κ3) is 3.16. The monoisotopic (exact) mass is 400 g/mol. The molecule has 3 aromatic rings. The number of allylic oxidation sites excluding steroid dienone is 1. The van der Waals surface area contributed by atoms with Crippen molar-refractivity contribution in [2.45, 2.75) is 32.5 Å². The summed E-state index contributed by atoms with van der Waals surface area (Å²) >= 11 is 0.